The van der Waals surface area contributed by atoms with Gasteiger partial charge in [-0.25, -0.2) is 9.18 Å². The van der Waals surface area contributed by atoms with Crippen molar-refractivity contribution in [2.45, 2.75) is 25.2 Å². The fourth-order valence-corrected chi connectivity index (χ4v) is 5.12. The van der Waals surface area contributed by atoms with Crippen LogP contribution in [0.15, 0.2) is 47.3 Å². The molecule has 0 radical (unpaired) electrons. The van der Waals surface area contributed by atoms with E-state index in [0.29, 0.717) is 28.4 Å². The number of aromatic amines is 2. The van der Waals surface area contributed by atoms with E-state index in [-0.39, 0.29) is 17.4 Å². The zero-order chi connectivity index (χ0) is 21.4. The molecule has 162 valence electrons. The summed E-state index contributed by atoms with van der Waals surface area (Å²) in [6.45, 7) is 4.58. The molecule has 2 fully saturated rings. The third kappa shape index (κ3) is 4.14. The number of nitrogens with one attached hydrogen (secondary N) is 2. The second kappa shape index (κ2) is 8.30. The molecule has 5 rings (SSSR count). The number of carbonyl (C=O) groups is 1. The fraction of sp³-hybridized carbons (Fsp3) is 0.417. The molecule has 1 amide bonds. The van der Waals surface area contributed by atoms with E-state index in [0.717, 1.165) is 52.0 Å². The third-order valence-corrected chi connectivity index (χ3v) is 6.80. The Hall–Kier alpha value is -2.93. The number of amides is 1. The van der Waals surface area contributed by atoms with Crippen LogP contribution < -0.4 is 5.69 Å². The Bertz CT molecular complexity index is 1130. The Morgan fingerprint density at radius 3 is 2.55 bits per heavy atom. The molecule has 0 aliphatic carbocycles. The van der Waals surface area contributed by atoms with Crippen molar-refractivity contribution in [2.24, 2.45) is 5.92 Å². The molecule has 6 nitrogen and oxygen atoms in total. The number of para-hydroxylation sites is 1. The first-order valence-corrected chi connectivity index (χ1v) is 11.0. The summed E-state index contributed by atoms with van der Waals surface area (Å²) in [5.74, 6) is 0.775. The summed E-state index contributed by atoms with van der Waals surface area (Å²) >= 11 is 0. The largest absolute Gasteiger partial charge is 0.338 e. The molecule has 3 heterocycles. The molecule has 1 aromatic heterocycles. The number of piperidine rings is 1. The van der Waals surface area contributed by atoms with Crippen molar-refractivity contribution in [1.29, 1.82) is 0 Å². The van der Waals surface area contributed by atoms with Crippen molar-refractivity contribution in [2.75, 3.05) is 32.7 Å². The van der Waals surface area contributed by atoms with Gasteiger partial charge in [0.25, 0.3) is 5.91 Å². The fourth-order valence-electron chi connectivity index (χ4n) is 5.12. The number of rotatable bonds is 4. The van der Waals surface area contributed by atoms with Gasteiger partial charge in [0.2, 0.25) is 0 Å². The molecule has 2 aliphatic rings. The third-order valence-electron chi connectivity index (χ3n) is 6.80. The Labute approximate surface area is 180 Å². The van der Waals surface area contributed by atoms with Gasteiger partial charge in [0, 0.05) is 19.6 Å². The average molecular weight is 423 g/mol. The summed E-state index contributed by atoms with van der Waals surface area (Å²) in [6, 6.07) is 12.3. The monoisotopic (exact) mass is 422 g/mol. The van der Waals surface area contributed by atoms with Gasteiger partial charge in [0.15, 0.2) is 0 Å². The van der Waals surface area contributed by atoms with E-state index in [1.807, 2.05) is 17.0 Å². The van der Waals surface area contributed by atoms with E-state index >= 15 is 0 Å². The maximum absolute atomic E-state index is 13.2. The first-order valence-electron chi connectivity index (χ1n) is 11.0. The minimum Gasteiger partial charge on any atom is -0.338 e. The second-order valence-electron chi connectivity index (χ2n) is 8.84. The van der Waals surface area contributed by atoms with Crippen LogP contribution in [0, 0.1) is 11.7 Å². The molecule has 31 heavy (non-hydrogen) atoms. The lowest BCUT2D eigenvalue weighted by Gasteiger charge is -2.33. The molecule has 2 saturated heterocycles. The zero-order valence-electron chi connectivity index (χ0n) is 17.4. The molecule has 2 aliphatic heterocycles. The van der Waals surface area contributed by atoms with Crippen LogP contribution in [0.25, 0.3) is 11.0 Å². The van der Waals surface area contributed by atoms with Gasteiger partial charge in [-0.15, -0.1) is 0 Å². The summed E-state index contributed by atoms with van der Waals surface area (Å²) in [5.41, 5.74) is 2.74. The molecule has 0 saturated carbocycles. The quantitative estimate of drug-likeness (QED) is 0.677. The molecule has 2 N–H and O–H groups in total. The van der Waals surface area contributed by atoms with Crippen LogP contribution in [-0.2, 0) is 0 Å². The van der Waals surface area contributed by atoms with Crippen molar-refractivity contribution in [3.63, 3.8) is 0 Å². The Morgan fingerprint density at radius 2 is 1.77 bits per heavy atom. The molecule has 0 spiro atoms. The van der Waals surface area contributed by atoms with Gasteiger partial charge in [0.1, 0.15) is 5.82 Å². The highest BCUT2D eigenvalue weighted by molar-refractivity contribution is 6.04. The van der Waals surface area contributed by atoms with Gasteiger partial charge in [-0.3, -0.25) is 4.79 Å². The van der Waals surface area contributed by atoms with Crippen molar-refractivity contribution in [3.8, 4) is 0 Å². The predicted octanol–water partition coefficient (Wildman–Crippen LogP) is 3.34. The van der Waals surface area contributed by atoms with Crippen LogP contribution in [-0.4, -0.2) is 58.4 Å². The van der Waals surface area contributed by atoms with Crippen LogP contribution in [0.4, 0.5) is 4.39 Å². The van der Waals surface area contributed by atoms with Gasteiger partial charge in [-0.1, -0.05) is 18.2 Å². The summed E-state index contributed by atoms with van der Waals surface area (Å²) in [4.78, 5) is 34.6. The smallest absolute Gasteiger partial charge is 0.323 e. The molecular weight excluding hydrogens is 395 g/mol. The second-order valence-corrected chi connectivity index (χ2v) is 8.84. The molecule has 0 bridgehead atoms. The lowest BCUT2D eigenvalue weighted by molar-refractivity contribution is 0.0783. The van der Waals surface area contributed by atoms with Crippen molar-refractivity contribution in [1.82, 2.24) is 19.8 Å². The Kier molecular flexibility index (Phi) is 5.36. The van der Waals surface area contributed by atoms with Crippen LogP contribution in [0.3, 0.4) is 0 Å². The van der Waals surface area contributed by atoms with E-state index < -0.39 is 0 Å². The predicted molar refractivity (Wildman–Crippen MR) is 118 cm³/mol. The topological polar surface area (TPSA) is 72.2 Å². The standard InChI is InChI=1S/C24H27FN4O2/c25-19-6-4-17(5-7-19)18-9-11-28(12-10-18)14-16-8-13-29(15-16)23(30)20-2-1-3-21-22(20)27-24(31)26-21/h1-7,16,18H,8-15H2,(H2,26,27,31)/t16-/m1/s1. The van der Waals surface area contributed by atoms with Gasteiger partial charge < -0.3 is 19.8 Å². The molecule has 0 unspecified atom stereocenters. The molecule has 2 aromatic carbocycles. The van der Waals surface area contributed by atoms with Crippen molar-refractivity contribution in [3.05, 3.63) is 69.9 Å². The number of halogens is 1. The van der Waals surface area contributed by atoms with Gasteiger partial charge in [-0.2, -0.15) is 0 Å². The highest BCUT2D eigenvalue weighted by Gasteiger charge is 2.30. The SMILES string of the molecule is O=C(c1cccc2[nH]c(=O)[nH]c12)N1CC[C@H](CN2CCC(c3ccc(F)cc3)CC2)C1. The summed E-state index contributed by atoms with van der Waals surface area (Å²) < 4.78 is 13.2. The first-order chi connectivity index (χ1) is 15.1. The highest BCUT2D eigenvalue weighted by atomic mass is 19.1. The Balaban J connectivity index is 1.16. The Morgan fingerprint density at radius 1 is 1.00 bits per heavy atom. The molecule has 1 atom stereocenters. The number of hydrogen-bond donors (Lipinski definition) is 2. The maximum Gasteiger partial charge on any atom is 0.323 e. The maximum atomic E-state index is 13.2. The van der Waals surface area contributed by atoms with Crippen molar-refractivity contribution < 1.29 is 9.18 Å². The summed E-state index contributed by atoms with van der Waals surface area (Å²) in [5, 5.41) is 0. The number of benzene rings is 2. The van der Waals surface area contributed by atoms with Gasteiger partial charge >= 0.3 is 5.69 Å². The van der Waals surface area contributed by atoms with Crippen LogP contribution in [0.5, 0.6) is 0 Å². The average Bonchev–Trinajstić information content (AvgIpc) is 3.40. The van der Waals surface area contributed by atoms with Gasteiger partial charge in [0.05, 0.1) is 16.6 Å². The number of imidazole rings is 1. The minimum absolute atomic E-state index is 0.0154. The van der Waals surface area contributed by atoms with E-state index in [9.17, 15) is 14.0 Å². The van der Waals surface area contributed by atoms with E-state index in [4.69, 9.17) is 0 Å². The number of H-pyrrole nitrogens is 2. The molecule has 3 aromatic rings. The molecule has 7 heteroatoms. The normalized spacial score (nSPS) is 20.5. The van der Waals surface area contributed by atoms with Crippen molar-refractivity contribution >= 4 is 16.9 Å². The van der Waals surface area contributed by atoms with Gasteiger partial charge in [-0.05, 0) is 74.0 Å². The van der Waals surface area contributed by atoms with Crippen LogP contribution in [0.2, 0.25) is 0 Å². The van der Waals surface area contributed by atoms with E-state index in [1.54, 1.807) is 30.3 Å². The lowest BCUT2D eigenvalue weighted by atomic mass is 9.89. The minimum atomic E-state index is -0.293. The number of likely N-dealkylation sites (tertiary alicyclic amines) is 2. The number of aromatic nitrogens is 2. The zero-order valence-corrected chi connectivity index (χ0v) is 17.4. The summed E-state index contributed by atoms with van der Waals surface area (Å²) in [6.07, 6.45) is 3.18. The summed E-state index contributed by atoms with van der Waals surface area (Å²) in [7, 11) is 0. The van der Waals surface area contributed by atoms with Crippen LogP contribution >= 0.6 is 0 Å². The lowest BCUT2D eigenvalue weighted by Crippen LogP contribution is -2.37. The van der Waals surface area contributed by atoms with E-state index in [2.05, 4.69) is 14.9 Å². The number of nitrogens with zero attached hydrogens (tertiary/aromatic N) is 2. The van der Waals surface area contributed by atoms with Crippen LogP contribution in [0.1, 0.15) is 41.1 Å². The highest BCUT2D eigenvalue weighted by Crippen LogP contribution is 2.29. The van der Waals surface area contributed by atoms with E-state index in [1.165, 1.54) is 5.56 Å². The number of hydrogen-bond acceptors (Lipinski definition) is 3. The first kappa shape index (κ1) is 20.0. The number of fused-ring (bicyclic) bond motifs is 1. The molecular formula is C24H27FN4O2. The number of carbonyl (C=O) groups excluding carboxylic acids is 1.